The molecule has 1 aliphatic heterocycles. The van der Waals surface area contributed by atoms with Crippen molar-refractivity contribution in [2.45, 2.75) is 13.1 Å². The summed E-state index contributed by atoms with van der Waals surface area (Å²) in [6.07, 6.45) is 3.06. The lowest BCUT2D eigenvalue weighted by atomic mass is 10.2. The van der Waals surface area contributed by atoms with Crippen LogP contribution in [0, 0.1) is 0 Å². The van der Waals surface area contributed by atoms with Gasteiger partial charge in [0.15, 0.2) is 0 Å². The lowest BCUT2D eigenvalue weighted by Crippen LogP contribution is -2.23. The fourth-order valence-corrected chi connectivity index (χ4v) is 2.85. The van der Waals surface area contributed by atoms with E-state index in [1.54, 1.807) is 23.2 Å². The quantitative estimate of drug-likeness (QED) is 0.772. The van der Waals surface area contributed by atoms with Crippen LogP contribution in [0.3, 0.4) is 0 Å². The second-order valence-electron chi connectivity index (χ2n) is 4.96. The van der Waals surface area contributed by atoms with Crippen LogP contribution in [0.15, 0.2) is 24.5 Å². The van der Waals surface area contributed by atoms with Crippen LogP contribution in [0.4, 0.5) is 4.39 Å². The molecule has 1 amide bonds. The maximum atomic E-state index is 12.4. The molecule has 0 aromatic carbocycles. The van der Waals surface area contributed by atoms with E-state index in [2.05, 4.69) is 9.97 Å². The third-order valence-corrected chi connectivity index (χ3v) is 4.02. The largest absolute Gasteiger partial charge is 0.474 e. The number of nitrogens with zero attached hydrogens (tertiary/aromatic N) is 3. The lowest BCUT2D eigenvalue weighted by Gasteiger charge is -2.16. The maximum absolute atomic E-state index is 12.4. The van der Waals surface area contributed by atoms with Gasteiger partial charge in [0.25, 0.3) is 5.91 Å². The van der Waals surface area contributed by atoms with Crippen LogP contribution < -0.4 is 4.74 Å². The highest BCUT2D eigenvalue weighted by Gasteiger charge is 2.29. The number of alkyl halides is 1. The average Bonchev–Trinajstić information content (AvgIpc) is 2.85. The topological polar surface area (TPSA) is 55.3 Å². The third kappa shape index (κ3) is 3.23. The fourth-order valence-electron chi connectivity index (χ4n) is 2.39. The maximum Gasteiger partial charge on any atom is 0.254 e. The molecule has 120 valence electrons. The van der Waals surface area contributed by atoms with E-state index in [1.165, 1.54) is 6.20 Å². The molecule has 0 bridgehead atoms. The molecule has 5 nitrogen and oxygen atoms in total. The van der Waals surface area contributed by atoms with E-state index in [0.717, 1.165) is 11.1 Å². The molecule has 3 rings (SSSR count). The van der Waals surface area contributed by atoms with Crippen LogP contribution >= 0.6 is 23.2 Å². The van der Waals surface area contributed by atoms with Crippen molar-refractivity contribution < 1.29 is 13.9 Å². The molecule has 0 N–H and O–H groups in total. The Morgan fingerprint density at radius 1 is 1.35 bits per heavy atom. The van der Waals surface area contributed by atoms with Gasteiger partial charge in [0, 0.05) is 30.1 Å². The molecule has 0 atom stereocenters. The van der Waals surface area contributed by atoms with Gasteiger partial charge in [-0.3, -0.25) is 4.79 Å². The monoisotopic (exact) mass is 355 g/mol. The van der Waals surface area contributed by atoms with Gasteiger partial charge in [0.05, 0.1) is 6.54 Å². The highest BCUT2D eigenvalue weighted by molar-refractivity contribution is 6.32. The van der Waals surface area contributed by atoms with Crippen LogP contribution in [0.1, 0.15) is 21.5 Å². The number of pyridine rings is 2. The summed E-state index contributed by atoms with van der Waals surface area (Å²) >= 11 is 12.1. The van der Waals surface area contributed by atoms with Gasteiger partial charge in [-0.05, 0) is 17.7 Å². The van der Waals surface area contributed by atoms with E-state index in [-0.39, 0.29) is 23.4 Å². The Hall–Kier alpha value is -1.92. The van der Waals surface area contributed by atoms with Crippen molar-refractivity contribution in [2.24, 2.45) is 0 Å². The molecule has 3 heterocycles. The van der Waals surface area contributed by atoms with Crippen molar-refractivity contribution in [2.75, 3.05) is 13.3 Å². The van der Waals surface area contributed by atoms with Crippen LogP contribution in [0.25, 0.3) is 0 Å². The number of amides is 1. The SMILES string of the molecule is O=C1c2ccnc(Cl)c2CN1Cc1cnc(OCCF)c(Cl)c1. The first-order valence-corrected chi connectivity index (χ1v) is 7.61. The van der Waals surface area contributed by atoms with Gasteiger partial charge in [-0.25, -0.2) is 14.4 Å². The number of aromatic nitrogens is 2. The van der Waals surface area contributed by atoms with E-state index in [4.69, 9.17) is 27.9 Å². The Bertz CT molecular complexity index is 757. The predicted octanol–water partition coefficient (Wildman–Crippen LogP) is 3.29. The van der Waals surface area contributed by atoms with Gasteiger partial charge >= 0.3 is 0 Å². The van der Waals surface area contributed by atoms with Gasteiger partial charge in [-0.1, -0.05) is 23.2 Å². The zero-order valence-corrected chi connectivity index (χ0v) is 13.4. The normalized spacial score (nSPS) is 13.3. The van der Waals surface area contributed by atoms with Crippen molar-refractivity contribution >= 4 is 29.1 Å². The molecule has 0 radical (unpaired) electrons. The second kappa shape index (κ2) is 6.68. The molecule has 8 heteroatoms. The number of rotatable bonds is 5. The third-order valence-electron chi connectivity index (χ3n) is 3.42. The van der Waals surface area contributed by atoms with Crippen LogP contribution in [-0.2, 0) is 13.1 Å². The number of carbonyl (C=O) groups excluding carboxylic acids is 1. The number of hydrogen-bond donors (Lipinski definition) is 0. The van der Waals surface area contributed by atoms with E-state index in [0.29, 0.717) is 23.8 Å². The van der Waals surface area contributed by atoms with Crippen molar-refractivity contribution in [1.82, 2.24) is 14.9 Å². The molecule has 2 aromatic heterocycles. The van der Waals surface area contributed by atoms with Gasteiger partial charge in [-0.2, -0.15) is 0 Å². The highest BCUT2D eigenvalue weighted by Crippen LogP contribution is 2.29. The lowest BCUT2D eigenvalue weighted by molar-refractivity contribution is 0.0766. The number of ether oxygens (including phenoxy) is 1. The summed E-state index contributed by atoms with van der Waals surface area (Å²) in [7, 11) is 0. The minimum absolute atomic E-state index is 0.0997. The molecule has 0 saturated carbocycles. The Labute approximate surface area is 142 Å². The van der Waals surface area contributed by atoms with Gasteiger partial charge in [0.1, 0.15) is 23.5 Å². The summed E-state index contributed by atoms with van der Waals surface area (Å²) in [5.41, 5.74) is 2.03. The molecule has 0 fully saturated rings. The number of hydrogen-bond acceptors (Lipinski definition) is 4. The van der Waals surface area contributed by atoms with Crippen LogP contribution in [-0.4, -0.2) is 34.1 Å². The van der Waals surface area contributed by atoms with Gasteiger partial charge < -0.3 is 9.64 Å². The summed E-state index contributed by atoms with van der Waals surface area (Å²) < 4.78 is 17.2. The van der Waals surface area contributed by atoms with Crippen LogP contribution in [0.5, 0.6) is 5.88 Å². The smallest absolute Gasteiger partial charge is 0.254 e. The molecule has 0 aliphatic carbocycles. The number of halogens is 3. The Morgan fingerprint density at radius 2 is 2.17 bits per heavy atom. The van der Waals surface area contributed by atoms with Crippen molar-refractivity contribution in [3.63, 3.8) is 0 Å². The standard InChI is InChI=1S/C15H12Cl2FN3O2/c16-12-5-9(6-20-14(12)23-4-2-18)7-21-8-11-10(15(21)22)1-3-19-13(11)17/h1,3,5-6H,2,4,7-8H2. The molecular formula is C15H12Cl2FN3O2. The zero-order chi connectivity index (χ0) is 16.4. The Balaban J connectivity index is 1.75. The van der Waals surface area contributed by atoms with Crippen molar-refractivity contribution in [3.05, 3.63) is 51.4 Å². The predicted molar refractivity (Wildman–Crippen MR) is 83.5 cm³/mol. The van der Waals surface area contributed by atoms with Crippen molar-refractivity contribution in [1.29, 1.82) is 0 Å². The molecular weight excluding hydrogens is 344 g/mol. The summed E-state index contributed by atoms with van der Waals surface area (Å²) in [5.74, 6) is 0.0644. The van der Waals surface area contributed by atoms with E-state index in [9.17, 15) is 9.18 Å². The summed E-state index contributed by atoms with van der Waals surface area (Å²) in [6.45, 7) is 0.00505. The zero-order valence-electron chi connectivity index (χ0n) is 11.9. The molecule has 2 aromatic rings. The summed E-state index contributed by atoms with van der Waals surface area (Å²) in [4.78, 5) is 22.0. The van der Waals surface area contributed by atoms with Crippen LogP contribution in [0.2, 0.25) is 10.2 Å². The molecule has 0 unspecified atom stereocenters. The van der Waals surface area contributed by atoms with E-state index < -0.39 is 6.67 Å². The van der Waals surface area contributed by atoms with E-state index in [1.807, 2.05) is 0 Å². The molecule has 1 aliphatic rings. The van der Waals surface area contributed by atoms with Gasteiger partial charge in [0.2, 0.25) is 5.88 Å². The number of carbonyl (C=O) groups is 1. The summed E-state index contributed by atoms with van der Waals surface area (Å²) in [5, 5.41) is 0.615. The molecule has 0 saturated heterocycles. The second-order valence-corrected chi connectivity index (χ2v) is 5.72. The average molecular weight is 356 g/mol. The first kappa shape index (κ1) is 16.0. The molecule has 23 heavy (non-hydrogen) atoms. The minimum atomic E-state index is -0.616. The van der Waals surface area contributed by atoms with E-state index >= 15 is 0 Å². The highest BCUT2D eigenvalue weighted by atomic mass is 35.5. The number of fused-ring (bicyclic) bond motifs is 1. The Kier molecular flexibility index (Phi) is 4.63. The minimum Gasteiger partial charge on any atom is -0.474 e. The fraction of sp³-hybridized carbons (Fsp3) is 0.267. The Morgan fingerprint density at radius 3 is 2.87 bits per heavy atom. The first-order chi connectivity index (χ1) is 11.1. The first-order valence-electron chi connectivity index (χ1n) is 6.86. The van der Waals surface area contributed by atoms with Gasteiger partial charge in [-0.15, -0.1) is 0 Å². The van der Waals surface area contributed by atoms with Crippen molar-refractivity contribution in [3.8, 4) is 5.88 Å². The summed E-state index contributed by atoms with van der Waals surface area (Å²) in [6, 6.07) is 3.31. The molecule has 0 spiro atoms.